The summed E-state index contributed by atoms with van der Waals surface area (Å²) >= 11 is 0. The number of methoxy groups -OCH3 is 1. The number of hydrogen-bond acceptors (Lipinski definition) is 4. The number of nitrogen functional groups attached to an aromatic ring is 1. The fourth-order valence-corrected chi connectivity index (χ4v) is 1.50. The molecule has 0 bridgehead atoms. The quantitative estimate of drug-likeness (QED) is 0.468. The van der Waals surface area contributed by atoms with Crippen molar-refractivity contribution < 1.29 is 19.4 Å². The number of nitrogens with two attached hydrogens (primary N) is 1. The first kappa shape index (κ1) is 13.8. The van der Waals surface area contributed by atoms with Gasteiger partial charge in [0.15, 0.2) is 0 Å². The minimum atomic E-state index is -1.03. The summed E-state index contributed by atoms with van der Waals surface area (Å²) in [7, 11) is 1.33. The molecule has 0 aliphatic carbocycles. The number of benzene rings is 1. The number of rotatable bonds is 5. The molecular weight excluding hydrogens is 234 g/mol. The summed E-state index contributed by atoms with van der Waals surface area (Å²) in [6.45, 7) is 0. The number of carboxylic acid groups (broad SMARTS) is 1. The second-order valence-corrected chi connectivity index (χ2v) is 3.67. The minimum absolute atomic E-state index is 0.243. The van der Waals surface area contributed by atoms with Gasteiger partial charge in [-0.15, -0.1) is 0 Å². The van der Waals surface area contributed by atoms with Gasteiger partial charge in [-0.1, -0.05) is 18.2 Å². The van der Waals surface area contributed by atoms with Crippen molar-refractivity contribution in [2.45, 2.75) is 12.8 Å². The Morgan fingerprint density at radius 3 is 2.78 bits per heavy atom. The third-order valence-electron chi connectivity index (χ3n) is 2.46. The van der Waals surface area contributed by atoms with Crippen molar-refractivity contribution in [3.8, 4) is 0 Å². The summed E-state index contributed by atoms with van der Waals surface area (Å²) in [5.41, 5.74) is 7.81. The first-order chi connectivity index (χ1) is 8.54. The Labute approximate surface area is 105 Å². The number of ether oxygens (including phenoxy) is 1. The maximum Gasteiger partial charge on any atom is 0.328 e. The van der Waals surface area contributed by atoms with Crippen LogP contribution >= 0.6 is 0 Å². The van der Waals surface area contributed by atoms with E-state index in [1.807, 2.05) is 0 Å². The lowest BCUT2D eigenvalue weighted by atomic mass is 10.0. The number of carbonyl (C=O) groups is 2. The van der Waals surface area contributed by atoms with E-state index in [0.717, 1.165) is 11.6 Å². The van der Waals surface area contributed by atoms with Crippen LogP contribution in [0.15, 0.2) is 24.3 Å². The summed E-state index contributed by atoms with van der Waals surface area (Å²) in [5.74, 6) is -1.34. The van der Waals surface area contributed by atoms with Crippen LogP contribution in [0, 0.1) is 0 Å². The van der Waals surface area contributed by atoms with E-state index in [4.69, 9.17) is 10.8 Å². The highest BCUT2D eigenvalue weighted by Gasteiger charge is 2.06. The predicted octanol–water partition coefficient (Wildman–Crippen LogP) is 1.47. The molecule has 3 N–H and O–H groups in total. The van der Waals surface area contributed by atoms with E-state index in [1.165, 1.54) is 13.2 Å². The van der Waals surface area contributed by atoms with E-state index in [0.29, 0.717) is 17.7 Å². The van der Waals surface area contributed by atoms with Gasteiger partial charge in [-0.2, -0.15) is 0 Å². The minimum Gasteiger partial charge on any atom is -0.478 e. The molecule has 0 spiro atoms. The van der Waals surface area contributed by atoms with Crippen LogP contribution in [-0.4, -0.2) is 24.2 Å². The predicted molar refractivity (Wildman–Crippen MR) is 67.9 cm³/mol. The first-order valence-corrected chi connectivity index (χ1v) is 5.39. The van der Waals surface area contributed by atoms with Crippen LogP contribution in [0.4, 0.5) is 5.69 Å². The van der Waals surface area contributed by atoms with Crippen LogP contribution in [0.25, 0.3) is 6.08 Å². The molecule has 0 atom stereocenters. The number of para-hydroxylation sites is 1. The van der Waals surface area contributed by atoms with Crippen LogP contribution in [-0.2, 0) is 20.7 Å². The van der Waals surface area contributed by atoms with Crippen molar-refractivity contribution in [2.75, 3.05) is 12.8 Å². The standard InChI is InChI=1S/C13H15NO4/c1-18-12(17)8-6-10-4-2-3-9(13(10)14)5-7-11(15)16/h2-5,7H,6,8,14H2,1H3,(H,15,16). The van der Waals surface area contributed by atoms with E-state index in [9.17, 15) is 9.59 Å². The van der Waals surface area contributed by atoms with Crippen LogP contribution in [0.3, 0.4) is 0 Å². The maximum atomic E-state index is 11.0. The number of esters is 1. The molecule has 0 fully saturated rings. The Bertz CT molecular complexity index is 480. The fraction of sp³-hybridized carbons (Fsp3) is 0.231. The van der Waals surface area contributed by atoms with Gasteiger partial charge in [-0.05, 0) is 23.6 Å². The van der Waals surface area contributed by atoms with Gasteiger partial charge in [0.25, 0.3) is 0 Å². The number of carboxylic acids is 1. The van der Waals surface area contributed by atoms with Gasteiger partial charge in [0.1, 0.15) is 0 Å². The van der Waals surface area contributed by atoms with Crippen molar-refractivity contribution >= 4 is 23.7 Å². The highest BCUT2D eigenvalue weighted by atomic mass is 16.5. The third-order valence-corrected chi connectivity index (χ3v) is 2.46. The normalized spacial score (nSPS) is 10.5. The SMILES string of the molecule is COC(=O)CCc1cccc(C=CC(=O)O)c1N. The van der Waals surface area contributed by atoms with Crippen molar-refractivity contribution in [2.24, 2.45) is 0 Å². The molecule has 96 valence electrons. The average Bonchev–Trinajstić information content (AvgIpc) is 2.35. The highest BCUT2D eigenvalue weighted by molar-refractivity contribution is 5.87. The van der Waals surface area contributed by atoms with Gasteiger partial charge in [0.2, 0.25) is 0 Å². The monoisotopic (exact) mass is 249 g/mol. The first-order valence-electron chi connectivity index (χ1n) is 5.39. The zero-order chi connectivity index (χ0) is 13.5. The van der Waals surface area contributed by atoms with Gasteiger partial charge in [0, 0.05) is 18.2 Å². The van der Waals surface area contributed by atoms with Crippen molar-refractivity contribution in [1.82, 2.24) is 0 Å². The molecule has 0 aromatic heterocycles. The van der Waals surface area contributed by atoms with Crippen LogP contribution in [0.1, 0.15) is 17.5 Å². The number of carbonyl (C=O) groups excluding carboxylic acids is 1. The van der Waals surface area contributed by atoms with Gasteiger partial charge in [-0.3, -0.25) is 4.79 Å². The summed E-state index contributed by atoms with van der Waals surface area (Å²) in [4.78, 5) is 21.5. The Morgan fingerprint density at radius 1 is 1.44 bits per heavy atom. The largest absolute Gasteiger partial charge is 0.478 e. The Balaban J connectivity index is 2.84. The van der Waals surface area contributed by atoms with Gasteiger partial charge in [-0.25, -0.2) is 4.79 Å². The van der Waals surface area contributed by atoms with Crippen molar-refractivity contribution in [1.29, 1.82) is 0 Å². The van der Waals surface area contributed by atoms with E-state index in [2.05, 4.69) is 4.74 Å². The van der Waals surface area contributed by atoms with Crippen molar-refractivity contribution in [3.05, 3.63) is 35.4 Å². The van der Waals surface area contributed by atoms with E-state index >= 15 is 0 Å². The molecule has 0 unspecified atom stereocenters. The Hall–Kier alpha value is -2.30. The van der Waals surface area contributed by atoms with Crippen LogP contribution in [0.2, 0.25) is 0 Å². The number of aryl methyl sites for hydroxylation is 1. The summed E-state index contributed by atoms with van der Waals surface area (Å²) < 4.78 is 4.55. The molecular formula is C13H15NO4. The second-order valence-electron chi connectivity index (χ2n) is 3.67. The smallest absolute Gasteiger partial charge is 0.328 e. The molecule has 0 saturated heterocycles. The summed E-state index contributed by atoms with van der Waals surface area (Å²) in [6.07, 6.45) is 3.16. The average molecular weight is 249 g/mol. The van der Waals surface area contributed by atoms with E-state index < -0.39 is 5.97 Å². The van der Waals surface area contributed by atoms with Gasteiger partial charge < -0.3 is 15.6 Å². The number of hydrogen-bond donors (Lipinski definition) is 2. The zero-order valence-electron chi connectivity index (χ0n) is 10.1. The maximum absolute atomic E-state index is 11.0. The third kappa shape index (κ3) is 3.93. The molecule has 5 nitrogen and oxygen atoms in total. The molecule has 0 amide bonds. The number of anilines is 1. The molecule has 18 heavy (non-hydrogen) atoms. The Morgan fingerprint density at radius 2 is 2.17 bits per heavy atom. The zero-order valence-corrected chi connectivity index (χ0v) is 10.1. The lowest BCUT2D eigenvalue weighted by Crippen LogP contribution is -2.04. The molecule has 0 saturated carbocycles. The fourth-order valence-electron chi connectivity index (χ4n) is 1.50. The van der Waals surface area contributed by atoms with E-state index in [-0.39, 0.29) is 12.4 Å². The lowest BCUT2D eigenvalue weighted by Gasteiger charge is -2.07. The summed E-state index contributed by atoms with van der Waals surface area (Å²) in [6, 6.07) is 5.29. The molecule has 0 heterocycles. The highest BCUT2D eigenvalue weighted by Crippen LogP contribution is 2.20. The van der Waals surface area contributed by atoms with Gasteiger partial charge in [0.05, 0.1) is 7.11 Å². The van der Waals surface area contributed by atoms with Gasteiger partial charge >= 0.3 is 11.9 Å². The molecule has 0 radical (unpaired) electrons. The van der Waals surface area contributed by atoms with Crippen molar-refractivity contribution in [3.63, 3.8) is 0 Å². The van der Waals surface area contributed by atoms with Crippen LogP contribution < -0.4 is 5.73 Å². The second kappa shape index (κ2) is 6.44. The van der Waals surface area contributed by atoms with E-state index in [1.54, 1.807) is 18.2 Å². The molecule has 5 heteroatoms. The molecule has 0 aliphatic heterocycles. The number of aliphatic carboxylic acids is 1. The lowest BCUT2D eigenvalue weighted by molar-refractivity contribution is -0.140. The summed E-state index contributed by atoms with van der Waals surface area (Å²) in [5, 5.41) is 8.55. The van der Waals surface area contributed by atoms with Crippen LogP contribution in [0.5, 0.6) is 0 Å². The molecule has 0 aliphatic rings. The molecule has 1 rings (SSSR count). The topological polar surface area (TPSA) is 89.6 Å². The molecule has 1 aromatic carbocycles. The molecule has 1 aromatic rings. The Kier molecular flexibility index (Phi) is 4.92.